The molecule has 9 heteroatoms. The monoisotopic (exact) mass is 412 g/mol. The quantitative estimate of drug-likeness (QED) is 0.776. The van der Waals surface area contributed by atoms with Crippen molar-refractivity contribution in [3.63, 3.8) is 0 Å². The van der Waals surface area contributed by atoms with Gasteiger partial charge in [0.25, 0.3) is 0 Å². The smallest absolute Gasteiger partial charge is 0.243 e. The SMILES string of the molecule is Cc1cc(F)ccc1S(=O)(=O)N1CC2ON=C(c3c(F)cccc3Cl)C2C1. The molecule has 0 radical (unpaired) electrons. The van der Waals surface area contributed by atoms with Crippen LogP contribution in [0.25, 0.3) is 0 Å². The first kappa shape index (κ1) is 18.3. The lowest BCUT2D eigenvalue weighted by Gasteiger charge is -2.18. The fourth-order valence-electron chi connectivity index (χ4n) is 3.51. The molecule has 2 atom stereocenters. The summed E-state index contributed by atoms with van der Waals surface area (Å²) >= 11 is 6.11. The van der Waals surface area contributed by atoms with E-state index in [1.165, 1.54) is 35.5 Å². The van der Waals surface area contributed by atoms with E-state index in [4.69, 9.17) is 16.4 Å². The zero-order valence-electron chi connectivity index (χ0n) is 14.2. The van der Waals surface area contributed by atoms with E-state index in [1.54, 1.807) is 6.07 Å². The summed E-state index contributed by atoms with van der Waals surface area (Å²) in [5.74, 6) is -1.48. The van der Waals surface area contributed by atoms with Gasteiger partial charge in [0.1, 0.15) is 11.6 Å². The topological polar surface area (TPSA) is 59.0 Å². The standard InChI is InChI=1S/C18H15ClF2N2O3S/c1-10-7-11(20)5-6-16(10)27(24,25)23-8-12-15(9-23)26-22-18(12)17-13(19)3-2-4-14(17)21/h2-7,12,15H,8-9H2,1H3. The van der Waals surface area contributed by atoms with Crippen LogP contribution in [-0.2, 0) is 14.9 Å². The van der Waals surface area contributed by atoms with Crippen molar-refractivity contribution in [2.24, 2.45) is 11.1 Å². The highest BCUT2D eigenvalue weighted by molar-refractivity contribution is 7.89. The number of benzene rings is 2. The highest BCUT2D eigenvalue weighted by Crippen LogP contribution is 2.36. The Morgan fingerprint density at radius 1 is 1.22 bits per heavy atom. The molecule has 4 rings (SSSR count). The molecular weight excluding hydrogens is 398 g/mol. The van der Waals surface area contributed by atoms with Crippen molar-refractivity contribution in [2.75, 3.05) is 13.1 Å². The number of halogens is 3. The molecule has 0 bridgehead atoms. The molecule has 1 saturated heterocycles. The summed E-state index contributed by atoms with van der Waals surface area (Å²) in [5, 5.41) is 4.14. The van der Waals surface area contributed by atoms with Gasteiger partial charge in [-0.15, -0.1) is 0 Å². The van der Waals surface area contributed by atoms with Gasteiger partial charge in [-0.1, -0.05) is 22.8 Å². The largest absolute Gasteiger partial charge is 0.390 e. The summed E-state index contributed by atoms with van der Waals surface area (Å²) < 4.78 is 54.8. The molecular formula is C18H15ClF2N2O3S. The van der Waals surface area contributed by atoms with Gasteiger partial charge in [-0.25, -0.2) is 17.2 Å². The van der Waals surface area contributed by atoms with Crippen molar-refractivity contribution in [1.82, 2.24) is 4.31 Å². The van der Waals surface area contributed by atoms with E-state index in [0.717, 1.165) is 6.07 Å². The Bertz CT molecular complexity index is 1040. The van der Waals surface area contributed by atoms with Gasteiger partial charge in [0.05, 0.1) is 33.7 Å². The molecule has 0 amide bonds. The van der Waals surface area contributed by atoms with Crippen LogP contribution >= 0.6 is 11.6 Å². The fraction of sp³-hybridized carbons (Fsp3) is 0.278. The van der Waals surface area contributed by atoms with E-state index in [1.807, 2.05) is 0 Å². The van der Waals surface area contributed by atoms with Crippen molar-refractivity contribution in [1.29, 1.82) is 0 Å². The Morgan fingerprint density at radius 2 is 2.00 bits per heavy atom. The van der Waals surface area contributed by atoms with Crippen molar-refractivity contribution in [3.8, 4) is 0 Å². The maximum Gasteiger partial charge on any atom is 0.243 e. The first-order valence-electron chi connectivity index (χ1n) is 8.23. The number of oxime groups is 1. The van der Waals surface area contributed by atoms with Crippen LogP contribution in [-0.4, -0.2) is 37.6 Å². The average molecular weight is 413 g/mol. The van der Waals surface area contributed by atoms with Crippen LogP contribution in [0.5, 0.6) is 0 Å². The number of nitrogens with zero attached hydrogens (tertiary/aromatic N) is 2. The molecule has 0 spiro atoms. The maximum atomic E-state index is 14.3. The second-order valence-electron chi connectivity index (χ2n) is 6.56. The number of rotatable bonds is 3. The number of hydrogen-bond acceptors (Lipinski definition) is 4. The van der Waals surface area contributed by atoms with Gasteiger partial charge < -0.3 is 4.84 Å². The van der Waals surface area contributed by atoms with Gasteiger partial charge in [-0.05, 0) is 42.8 Å². The lowest BCUT2D eigenvalue weighted by molar-refractivity contribution is 0.0803. The predicted molar refractivity (Wildman–Crippen MR) is 96.2 cm³/mol. The lowest BCUT2D eigenvalue weighted by atomic mass is 9.94. The van der Waals surface area contributed by atoms with E-state index in [0.29, 0.717) is 11.3 Å². The van der Waals surface area contributed by atoms with Crippen molar-refractivity contribution in [2.45, 2.75) is 17.9 Å². The molecule has 2 aromatic carbocycles. The molecule has 1 fully saturated rings. The zero-order valence-corrected chi connectivity index (χ0v) is 15.8. The molecule has 0 N–H and O–H groups in total. The Hall–Kier alpha value is -2.03. The number of aryl methyl sites for hydroxylation is 1. The van der Waals surface area contributed by atoms with Crippen LogP contribution in [0.1, 0.15) is 11.1 Å². The van der Waals surface area contributed by atoms with E-state index in [9.17, 15) is 17.2 Å². The van der Waals surface area contributed by atoms with Crippen LogP contribution in [0.3, 0.4) is 0 Å². The van der Waals surface area contributed by atoms with Crippen LogP contribution in [0.2, 0.25) is 5.02 Å². The molecule has 2 aliphatic rings. The summed E-state index contributed by atoms with van der Waals surface area (Å²) in [6.45, 7) is 1.69. The van der Waals surface area contributed by atoms with Gasteiger partial charge in [0, 0.05) is 6.54 Å². The van der Waals surface area contributed by atoms with Gasteiger partial charge >= 0.3 is 0 Å². The third kappa shape index (κ3) is 3.01. The second-order valence-corrected chi connectivity index (χ2v) is 8.87. The Kier molecular flexibility index (Phi) is 4.44. The Labute approximate surface area is 160 Å². The summed E-state index contributed by atoms with van der Waals surface area (Å²) in [4.78, 5) is 5.39. The van der Waals surface area contributed by atoms with Crippen molar-refractivity contribution >= 4 is 27.3 Å². The summed E-state index contributed by atoms with van der Waals surface area (Å²) in [7, 11) is -3.85. The highest BCUT2D eigenvalue weighted by atomic mass is 35.5. The van der Waals surface area contributed by atoms with Gasteiger partial charge in [0.2, 0.25) is 10.0 Å². The van der Waals surface area contributed by atoms with Gasteiger partial charge in [-0.2, -0.15) is 4.31 Å². The lowest BCUT2D eigenvalue weighted by Crippen LogP contribution is -2.31. The summed E-state index contributed by atoms with van der Waals surface area (Å²) in [5.41, 5.74) is 0.750. The minimum atomic E-state index is -3.85. The first-order valence-corrected chi connectivity index (χ1v) is 10.0. The van der Waals surface area contributed by atoms with Crippen LogP contribution in [0.15, 0.2) is 46.4 Å². The molecule has 2 heterocycles. The Morgan fingerprint density at radius 3 is 2.70 bits per heavy atom. The third-order valence-corrected chi connectivity index (χ3v) is 7.15. The first-order chi connectivity index (χ1) is 12.8. The summed E-state index contributed by atoms with van der Waals surface area (Å²) in [6.07, 6.45) is -0.522. The van der Waals surface area contributed by atoms with Gasteiger partial charge in [0.15, 0.2) is 6.10 Å². The fourth-order valence-corrected chi connectivity index (χ4v) is 5.46. The van der Waals surface area contributed by atoms with E-state index < -0.39 is 33.7 Å². The molecule has 2 unspecified atom stereocenters. The van der Waals surface area contributed by atoms with Crippen LogP contribution in [0, 0.1) is 24.5 Å². The van der Waals surface area contributed by atoms with Crippen LogP contribution < -0.4 is 0 Å². The number of sulfonamides is 1. The zero-order chi connectivity index (χ0) is 19.3. The highest BCUT2D eigenvalue weighted by Gasteiger charge is 2.47. The third-order valence-electron chi connectivity index (χ3n) is 4.84. The van der Waals surface area contributed by atoms with Crippen molar-refractivity contribution in [3.05, 3.63) is 64.2 Å². The van der Waals surface area contributed by atoms with E-state index >= 15 is 0 Å². The van der Waals surface area contributed by atoms with E-state index in [-0.39, 0.29) is 28.6 Å². The molecule has 0 aromatic heterocycles. The predicted octanol–water partition coefficient (Wildman–Crippen LogP) is 3.35. The number of hydrogen-bond donors (Lipinski definition) is 0. The molecule has 0 aliphatic carbocycles. The number of fused-ring (bicyclic) bond motifs is 1. The maximum absolute atomic E-state index is 14.3. The molecule has 5 nitrogen and oxygen atoms in total. The minimum absolute atomic E-state index is 0.0336. The average Bonchev–Trinajstić information content (AvgIpc) is 3.16. The Balaban J connectivity index is 1.65. The minimum Gasteiger partial charge on any atom is -0.390 e. The summed E-state index contributed by atoms with van der Waals surface area (Å²) in [6, 6.07) is 7.82. The normalized spacial score (nSPS) is 22.4. The molecule has 2 aliphatic heterocycles. The van der Waals surface area contributed by atoms with E-state index in [2.05, 4.69) is 5.16 Å². The molecule has 142 valence electrons. The molecule has 2 aromatic rings. The molecule has 27 heavy (non-hydrogen) atoms. The molecule has 0 saturated carbocycles. The van der Waals surface area contributed by atoms with Crippen molar-refractivity contribution < 1.29 is 22.0 Å². The second kappa shape index (κ2) is 6.54. The van der Waals surface area contributed by atoms with Gasteiger partial charge in [-0.3, -0.25) is 0 Å². The van der Waals surface area contributed by atoms with Crippen LogP contribution in [0.4, 0.5) is 8.78 Å².